The Labute approximate surface area is 183 Å². The van der Waals surface area contributed by atoms with Crippen LogP contribution in [-0.4, -0.2) is 52.3 Å². The zero-order chi connectivity index (χ0) is 21.8. The summed E-state index contributed by atoms with van der Waals surface area (Å²) in [6.07, 6.45) is 7.90. The van der Waals surface area contributed by atoms with Crippen molar-refractivity contribution in [3.05, 3.63) is 27.4 Å². The number of sulfonamides is 1. The molecule has 0 aromatic carbocycles. The molecule has 1 amide bonds. The highest BCUT2D eigenvalue weighted by molar-refractivity contribution is 7.89. The van der Waals surface area contributed by atoms with Gasteiger partial charge in [-0.2, -0.15) is 4.31 Å². The maximum absolute atomic E-state index is 13.4. The van der Waals surface area contributed by atoms with Crippen molar-refractivity contribution in [2.45, 2.75) is 70.9 Å². The molecule has 5 rings (SSSR count). The summed E-state index contributed by atoms with van der Waals surface area (Å²) < 4.78 is 26.1. The number of aromatic nitrogens is 2. The van der Waals surface area contributed by atoms with Crippen LogP contribution in [0.1, 0.15) is 75.0 Å². The van der Waals surface area contributed by atoms with Crippen LogP contribution in [0.3, 0.4) is 0 Å². The van der Waals surface area contributed by atoms with E-state index in [1.807, 2.05) is 4.90 Å². The number of nitrogens with one attached hydrogen (secondary N) is 1. The number of hydrogen-bond acceptors (Lipinski definition) is 5. The summed E-state index contributed by atoms with van der Waals surface area (Å²) in [4.78, 5) is 35.9. The molecule has 4 aliphatic rings. The minimum absolute atomic E-state index is 0.0347. The highest BCUT2D eigenvalue weighted by Crippen LogP contribution is 2.56. The fourth-order valence-corrected chi connectivity index (χ4v) is 7.10. The number of amides is 1. The fraction of sp³-hybridized carbons (Fsp3) is 0.773. The van der Waals surface area contributed by atoms with E-state index in [1.54, 1.807) is 6.92 Å². The second-order valence-electron chi connectivity index (χ2n) is 9.54. The number of hydrogen-bond donors (Lipinski definition) is 1. The van der Waals surface area contributed by atoms with Crippen molar-refractivity contribution in [1.82, 2.24) is 19.2 Å². The molecule has 2 aliphatic carbocycles. The zero-order valence-corrected chi connectivity index (χ0v) is 19.0. The number of likely N-dealkylation sites (tertiary alicyclic amines) is 1. The van der Waals surface area contributed by atoms with Gasteiger partial charge in [0.1, 0.15) is 5.82 Å². The molecule has 2 aliphatic heterocycles. The van der Waals surface area contributed by atoms with E-state index < -0.39 is 10.0 Å². The second kappa shape index (κ2) is 7.99. The van der Waals surface area contributed by atoms with Crippen molar-refractivity contribution >= 4 is 15.9 Å². The van der Waals surface area contributed by atoms with Gasteiger partial charge >= 0.3 is 0 Å². The van der Waals surface area contributed by atoms with Crippen LogP contribution in [0.5, 0.6) is 0 Å². The Morgan fingerprint density at radius 3 is 2.52 bits per heavy atom. The number of aromatic amines is 1. The van der Waals surface area contributed by atoms with Crippen LogP contribution < -0.4 is 5.56 Å². The molecule has 0 radical (unpaired) electrons. The number of H-pyrrole nitrogens is 1. The summed E-state index contributed by atoms with van der Waals surface area (Å²) in [6.45, 7) is 2.78. The van der Waals surface area contributed by atoms with Gasteiger partial charge in [-0.05, 0) is 57.3 Å². The zero-order valence-electron chi connectivity index (χ0n) is 18.2. The highest BCUT2D eigenvalue weighted by atomic mass is 32.2. The smallest absolute Gasteiger partial charge is 0.254 e. The van der Waals surface area contributed by atoms with Gasteiger partial charge in [-0.3, -0.25) is 9.59 Å². The van der Waals surface area contributed by atoms with Crippen LogP contribution in [0.4, 0.5) is 0 Å². The van der Waals surface area contributed by atoms with E-state index >= 15 is 0 Å². The summed E-state index contributed by atoms with van der Waals surface area (Å²) in [5.74, 6) is 2.04. The quantitative estimate of drug-likeness (QED) is 0.758. The molecule has 1 aromatic rings. The highest BCUT2D eigenvalue weighted by Gasteiger charge is 2.56. The Hall–Kier alpha value is -1.74. The van der Waals surface area contributed by atoms with Gasteiger partial charge < -0.3 is 9.88 Å². The molecule has 8 nitrogen and oxygen atoms in total. The second-order valence-corrected chi connectivity index (χ2v) is 11.8. The molecule has 31 heavy (non-hydrogen) atoms. The lowest BCUT2D eigenvalue weighted by Gasteiger charge is -2.36. The van der Waals surface area contributed by atoms with Crippen LogP contribution in [-0.2, 0) is 27.8 Å². The summed E-state index contributed by atoms with van der Waals surface area (Å²) in [5.41, 5.74) is 0.930. The van der Waals surface area contributed by atoms with E-state index in [0.29, 0.717) is 48.4 Å². The lowest BCUT2D eigenvalue weighted by molar-refractivity contribution is -0.137. The van der Waals surface area contributed by atoms with Gasteiger partial charge in [0.25, 0.3) is 5.56 Å². The number of carbonyl (C=O) groups is 1. The summed E-state index contributed by atoms with van der Waals surface area (Å²) in [7, 11) is -3.34. The first kappa shape index (κ1) is 21.1. The van der Waals surface area contributed by atoms with E-state index in [4.69, 9.17) is 4.98 Å². The number of rotatable bonds is 4. The minimum atomic E-state index is -3.34. The van der Waals surface area contributed by atoms with Crippen LogP contribution >= 0.6 is 0 Å². The Morgan fingerprint density at radius 1 is 1.10 bits per heavy atom. The average Bonchev–Trinajstić information content (AvgIpc) is 3.52. The standard InChI is InChI=1S/C22H32N4O4S/c1-2-31(29,30)25-12-10-16-17(13-25)23-20(24-21(16)27)18-9-5-6-11-26(18)22(28)19-14-7-3-4-8-15(14)19/h14-15,18-19H,2-13H2,1H3,(H,23,24,27)/t14-,15+,18-,19?/m0/s1. The molecular formula is C22H32N4O4S. The van der Waals surface area contributed by atoms with Gasteiger partial charge in [-0.25, -0.2) is 13.4 Å². The Balaban J connectivity index is 1.42. The third kappa shape index (κ3) is 3.73. The van der Waals surface area contributed by atoms with Crippen molar-refractivity contribution < 1.29 is 13.2 Å². The molecule has 1 unspecified atom stereocenters. The largest absolute Gasteiger partial charge is 0.332 e. The third-order valence-corrected chi connectivity index (χ3v) is 9.69. The van der Waals surface area contributed by atoms with Gasteiger partial charge in [0, 0.05) is 24.6 Å². The van der Waals surface area contributed by atoms with Crippen molar-refractivity contribution in [2.24, 2.45) is 17.8 Å². The topological polar surface area (TPSA) is 103 Å². The number of carbonyl (C=O) groups excluding carboxylic acids is 1. The number of piperidine rings is 1. The van der Waals surface area contributed by atoms with Gasteiger partial charge in [0.2, 0.25) is 15.9 Å². The predicted molar refractivity (Wildman–Crippen MR) is 116 cm³/mol. The Bertz CT molecular complexity index is 1020. The maximum atomic E-state index is 13.4. The lowest BCUT2D eigenvalue weighted by atomic mass is 9.99. The molecule has 1 saturated heterocycles. The van der Waals surface area contributed by atoms with Gasteiger partial charge in [-0.15, -0.1) is 0 Å². The van der Waals surface area contributed by atoms with Crippen molar-refractivity contribution in [1.29, 1.82) is 0 Å². The van der Waals surface area contributed by atoms with E-state index in [0.717, 1.165) is 32.1 Å². The van der Waals surface area contributed by atoms with Crippen molar-refractivity contribution in [2.75, 3.05) is 18.8 Å². The van der Waals surface area contributed by atoms with E-state index in [1.165, 1.54) is 17.1 Å². The molecule has 2 saturated carbocycles. The van der Waals surface area contributed by atoms with E-state index in [2.05, 4.69) is 4.98 Å². The molecular weight excluding hydrogens is 416 g/mol. The van der Waals surface area contributed by atoms with E-state index in [9.17, 15) is 18.0 Å². The summed E-state index contributed by atoms with van der Waals surface area (Å²) in [5, 5.41) is 0. The normalized spacial score (nSPS) is 31.1. The molecule has 9 heteroatoms. The lowest BCUT2D eigenvalue weighted by Crippen LogP contribution is -2.43. The minimum Gasteiger partial charge on any atom is -0.332 e. The monoisotopic (exact) mass is 448 g/mol. The maximum Gasteiger partial charge on any atom is 0.254 e. The van der Waals surface area contributed by atoms with Crippen LogP contribution in [0.25, 0.3) is 0 Å². The molecule has 3 fully saturated rings. The Morgan fingerprint density at radius 2 is 1.81 bits per heavy atom. The summed E-state index contributed by atoms with van der Waals surface area (Å²) in [6, 6.07) is -0.222. The third-order valence-electron chi connectivity index (χ3n) is 7.86. The predicted octanol–water partition coefficient (Wildman–Crippen LogP) is 1.97. The van der Waals surface area contributed by atoms with Crippen LogP contribution in [0, 0.1) is 17.8 Å². The van der Waals surface area contributed by atoms with Crippen molar-refractivity contribution in [3.63, 3.8) is 0 Å². The van der Waals surface area contributed by atoms with Crippen molar-refractivity contribution in [3.8, 4) is 0 Å². The Kier molecular flexibility index (Phi) is 5.45. The summed E-state index contributed by atoms with van der Waals surface area (Å²) >= 11 is 0. The van der Waals surface area contributed by atoms with Gasteiger partial charge in [-0.1, -0.05) is 12.8 Å². The molecule has 4 atom stereocenters. The SMILES string of the molecule is CCS(=O)(=O)N1CCc2c(nc([C@@H]3CCCCN3C(=O)C3[C@H]4CCCC[C@@H]34)[nH]c2=O)C1. The average molecular weight is 449 g/mol. The molecule has 0 spiro atoms. The molecule has 170 valence electrons. The van der Waals surface area contributed by atoms with E-state index in [-0.39, 0.29) is 35.7 Å². The fourth-order valence-electron chi connectivity index (χ4n) is 6.04. The molecule has 0 bridgehead atoms. The number of nitrogens with zero attached hydrogens (tertiary/aromatic N) is 3. The molecule has 1 N–H and O–H groups in total. The molecule has 3 heterocycles. The van der Waals surface area contributed by atoms with Crippen LogP contribution in [0.2, 0.25) is 0 Å². The first-order valence-corrected chi connectivity index (χ1v) is 13.4. The first-order chi connectivity index (χ1) is 14.9. The van der Waals surface area contributed by atoms with Gasteiger partial charge in [0.05, 0.1) is 24.0 Å². The van der Waals surface area contributed by atoms with Gasteiger partial charge in [0.15, 0.2) is 0 Å². The number of fused-ring (bicyclic) bond motifs is 2. The van der Waals surface area contributed by atoms with Crippen LogP contribution in [0.15, 0.2) is 4.79 Å². The first-order valence-electron chi connectivity index (χ1n) is 11.8. The molecule has 1 aromatic heterocycles.